The number of hydrogen-bond donors (Lipinski definition) is 2. The Balaban J connectivity index is 1.36. The van der Waals surface area contributed by atoms with E-state index in [-0.39, 0.29) is 47.4 Å². The van der Waals surface area contributed by atoms with E-state index in [4.69, 9.17) is 0 Å². The van der Waals surface area contributed by atoms with E-state index in [9.17, 15) is 19.2 Å². The van der Waals surface area contributed by atoms with Crippen molar-refractivity contribution in [2.24, 2.45) is 0 Å². The molecule has 32 heavy (non-hydrogen) atoms. The molecule has 3 aromatic heterocycles. The fourth-order valence-corrected chi connectivity index (χ4v) is 4.31. The average molecular weight is 431 g/mol. The molecule has 0 unspecified atom stereocenters. The quantitative estimate of drug-likeness (QED) is 0.624. The summed E-state index contributed by atoms with van der Waals surface area (Å²) in [7, 11) is 0. The van der Waals surface area contributed by atoms with E-state index in [1.807, 2.05) is 12.1 Å². The molecule has 0 atom stereocenters. The predicted molar refractivity (Wildman–Crippen MR) is 115 cm³/mol. The fraction of sp³-hybridized carbons (Fsp3) is 0.261. The lowest BCUT2D eigenvalue weighted by Gasteiger charge is -2.29. The van der Waals surface area contributed by atoms with Crippen molar-refractivity contribution in [3.8, 4) is 0 Å². The topological polar surface area (TPSA) is 119 Å². The lowest BCUT2D eigenvalue weighted by Crippen LogP contribution is -2.40. The van der Waals surface area contributed by atoms with Crippen LogP contribution in [0.4, 0.5) is 0 Å². The number of carbonyl (C=O) groups is 2. The monoisotopic (exact) mass is 431 g/mol. The van der Waals surface area contributed by atoms with Crippen LogP contribution < -0.4 is 11.1 Å². The van der Waals surface area contributed by atoms with Crippen molar-refractivity contribution in [2.45, 2.75) is 25.9 Å². The van der Waals surface area contributed by atoms with Crippen LogP contribution in [-0.4, -0.2) is 49.7 Å². The molecule has 2 N–H and O–H groups in total. The lowest BCUT2D eigenvalue weighted by molar-refractivity contribution is 0.0720. The largest absolute Gasteiger partial charge is 0.332 e. The molecule has 5 heterocycles. The minimum Gasteiger partial charge on any atom is -0.332 e. The molecule has 2 aliphatic rings. The molecule has 2 aliphatic heterocycles. The smallest absolute Gasteiger partial charge is 0.272 e. The van der Waals surface area contributed by atoms with Gasteiger partial charge in [0.2, 0.25) is 0 Å². The van der Waals surface area contributed by atoms with Crippen LogP contribution in [0.2, 0.25) is 0 Å². The number of carbonyl (C=O) groups excluding carboxylic acids is 2. The summed E-state index contributed by atoms with van der Waals surface area (Å²) < 4.78 is 0. The Hall–Kier alpha value is -4.01. The number of fused-ring (bicyclic) bond motifs is 2. The molecule has 0 aromatic carbocycles. The van der Waals surface area contributed by atoms with Crippen LogP contribution in [0, 0.1) is 0 Å². The second-order valence-electron chi connectivity index (χ2n) is 7.98. The van der Waals surface area contributed by atoms with E-state index in [0.29, 0.717) is 37.1 Å². The summed E-state index contributed by atoms with van der Waals surface area (Å²) >= 11 is 0. The number of rotatable bonds is 2. The maximum atomic E-state index is 13.1. The summed E-state index contributed by atoms with van der Waals surface area (Å²) in [5, 5.41) is 0. The Morgan fingerprint density at radius 3 is 1.69 bits per heavy atom. The van der Waals surface area contributed by atoms with Gasteiger partial charge in [-0.3, -0.25) is 19.2 Å². The van der Waals surface area contributed by atoms with Crippen LogP contribution in [0.25, 0.3) is 0 Å². The maximum absolute atomic E-state index is 13.1. The summed E-state index contributed by atoms with van der Waals surface area (Å²) in [6.45, 7) is 1.35. The molecule has 0 radical (unpaired) electrons. The number of aromatic amines is 2. The van der Waals surface area contributed by atoms with Crippen molar-refractivity contribution in [2.75, 3.05) is 13.1 Å². The Labute approximate surface area is 182 Å². The highest BCUT2D eigenvalue weighted by molar-refractivity contribution is 5.96. The number of nitrogens with one attached hydrogen (secondary N) is 2. The average Bonchev–Trinajstić information content (AvgIpc) is 2.83. The predicted octanol–water partition coefficient (Wildman–Crippen LogP) is 0.855. The minimum atomic E-state index is -0.325. The van der Waals surface area contributed by atoms with Crippen molar-refractivity contribution in [1.29, 1.82) is 0 Å². The van der Waals surface area contributed by atoms with Crippen LogP contribution in [0.15, 0.2) is 52.3 Å². The van der Waals surface area contributed by atoms with Gasteiger partial charge in [0.25, 0.3) is 22.9 Å². The lowest BCUT2D eigenvalue weighted by atomic mass is 10.0. The van der Waals surface area contributed by atoms with Crippen molar-refractivity contribution in [3.63, 3.8) is 0 Å². The van der Waals surface area contributed by atoms with Crippen molar-refractivity contribution < 1.29 is 9.59 Å². The SMILES string of the molecule is O=C(c1cccc(C(=O)N2CCc3cc[nH]c(=O)c3C2)n1)N1CCc2cc[nH]c(=O)c2C1. The van der Waals surface area contributed by atoms with Gasteiger partial charge in [-0.25, -0.2) is 4.98 Å². The molecule has 0 fully saturated rings. The van der Waals surface area contributed by atoms with E-state index in [1.165, 1.54) is 0 Å². The van der Waals surface area contributed by atoms with Crippen molar-refractivity contribution in [3.05, 3.63) is 97.1 Å². The van der Waals surface area contributed by atoms with E-state index >= 15 is 0 Å². The summed E-state index contributed by atoms with van der Waals surface area (Å²) in [6, 6.07) is 8.48. The highest BCUT2D eigenvalue weighted by Gasteiger charge is 2.27. The Kier molecular flexibility index (Phi) is 4.93. The van der Waals surface area contributed by atoms with E-state index in [1.54, 1.807) is 40.4 Å². The first-order valence-electron chi connectivity index (χ1n) is 10.5. The number of nitrogens with zero attached hydrogens (tertiary/aromatic N) is 3. The van der Waals surface area contributed by atoms with Crippen LogP contribution in [0.1, 0.15) is 43.2 Å². The summed E-state index contributed by atoms with van der Waals surface area (Å²) in [6.07, 6.45) is 4.40. The van der Waals surface area contributed by atoms with Crippen LogP contribution in [-0.2, 0) is 25.9 Å². The normalized spacial score (nSPS) is 15.1. The molecule has 0 aliphatic carbocycles. The maximum Gasteiger partial charge on any atom is 0.272 e. The number of H-pyrrole nitrogens is 2. The van der Waals surface area contributed by atoms with Gasteiger partial charge in [-0.1, -0.05) is 6.07 Å². The zero-order valence-corrected chi connectivity index (χ0v) is 17.3. The van der Waals surface area contributed by atoms with Crippen LogP contribution in [0.3, 0.4) is 0 Å². The zero-order chi connectivity index (χ0) is 22.2. The third kappa shape index (κ3) is 3.51. The van der Waals surface area contributed by atoms with Gasteiger partial charge in [-0.2, -0.15) is 0 Å². The standard InChI is InChI=1S/C23H21N5O4/c29-20-16-12-27(10-6-14(16)4-8-24-20)22(31)18-2-1-3-19(26-18)23(32)28-11-7-15-5-9-25-21(30)17(15)13-28/h1-5,8-9H,6-7,10-13H2,(H,24,29)(H,25,30). The van der Waals surface area contributed by atoms with Gasteiger partial charge in [0.05, 0.1) is 13.1 Å². The zero-order valence-electron chi connectivity index (χ0n) is 17.3. The first-order chi connectivity index (χ1) is 15.5. The molecule has 0 saturated heterocycles. The van der Waals surface area contributed by atoms with E-state index in [2.05, 4.69) is 15.0 Å². The molecule has 2 amide bonds. The molecule has 5 rings (SSSR count). The highest BCUT2D eigenvalue weighted by Crippen LogP contribution is 2.19. The van der Waals surface area contributed by atoms with Crippen LogP contribution in [0.5, 0.6) is 0 Å². The van der Waals surface area contributed by atoms with Crippen LogP contribution >= 0.6 is 0 Å². The second-order valence-corrected chi connectivity index (χ2v) is 7.98. The van der Waals surface area contributed by atoms with Crippen molar-refractivity contribution in [1.82, 2.24) is 24.8 Å². The van der Waals surface area contributed by atoms with Gasteiger partial charge in [-0.15, -0.1) is 0 Å². The summed E-state index contributed by atoms with van der Waals surface area (Å²) in [4.78, 5) is 63.1. The molecule has 9 heteroatoms. The molecule has 0 bridgehead atoms. The van der Waals surface area contributed by atoms with Gasteiger partial charge >= 0.3 is 0 Å². The van der Waals surface area contributed by atoms with Gasteiger partial charge in [0.15, 0.2) is 0 Å². The first-order valence-corrected chi connectivity index (χ1v) is 10.5. The number of pyridine rings is 3. The molecule has 3 aromatic rings. The van der Waals surface area contributed by atoms with Gasteiger partial charge in [0, 0.05) is 36.6 Å². The molecular formula is C23H21N5O4. The molecule has 0 spiro atoms. The first kappa shape index (κ1) is 19.9. The third-order valence-corrected chi connectivity index (χ3v) is 6.08. The Morgan fingerprint density at radius 2 is 1.22 bits per heavy atom. The third-order valence-electron chi connectivity index (χ3n) is 6.08. The molecule has 0 saturated carbocycles. The fourth-order valence-electron chi connectivity index (χ4n) is 4.31. The molecular weight excluding hydrogens is 410 g/mol. The van der Waals surface area contributed by atoms with Gasteiger partial charge < -0.3 is 19.8 Å². The molecule has 9 nitrogen and oxygen atoms in total. The highest BCUT2D eigenvalue weighted by atomic mass is 16.2. The van der Waals surface area contributed by atoms with E-state index in [0.717, 1.165) is 11.1 Å². The van der Waals surface area contributed by atoms with Crippen molar-refractivity contribution >= 4 is 11.8 Å². The summed E-state index contributed by atoms with van der Waals surface area (Å²) in [5.74, 6) is -0.650. The number of aromatic nitrogens is 3. The number of hydrogen-bond acceptors (Lipinski definition) is 5. The number of amides is 2. The van der Waals surface area contributed by atoms with Gasteiger partial charge in [0.1, 0.15) is 11.4 Å². The van der Waals surface area contributed by atoms with E-state index < -0.39 is 0 Å². The Morgan fingerprint density at radius 1 is 0.750 bits per heavy atom. The molecule has 162 valence electrons. The van der Waals surface area contributed by atoms with Gasteiger partial charge in [-0.05, 0) is 48.2 Å². The minimum absolute atomic E-state index is 0.155. The summed E-state index contributed by atoms with van der Waals surface area (Å²) in [5.41, 5.74) is 2.96. The Bertz CT molecular complexity index is 1240. The second kappa shape index (κ2) is 7.92.